The molecule has 0 fully saturated rings. The first-order valence-electron chi connectivity index (χ1n) is 6.01. The van der Waals surface area contributed by atoms with Gasteiger partial charge in [-0.05, 0) is 30.0 Å². The maximum Gasteiger partial charge on any atom is 0.307 e. The van der Waals surface area contributed by atoms with Gasteiger partial charge in [0.25, 0.3) is 0 Å². The van der Waals surface area contributed by atoms with Crippen LogP contribution >= 0.6 is 0 Å². The summed E-state index contributed by atoms with van der Waals surface area (Å²) in [5.41, 5.74) is 1.20. The van der Waals surface area contributed by atoms with Crippen molar-refractivity contribution in [1.29, 1.82) is 0 Å². The molecule has 3 heteroatoms. The Morgan fingerprint density at radius 3 is 2.65 bits per heavy atom. The van der Waals surface area contributed by atoms with Crippen LogP contribution in [0.2, 0.25) is 0 Å². The van der Waals surface area contributed by atoms with Gasteiger partial charge in [-0.3, -0.25) is 4.79 Å². The summed E-state index contributed by atoms with van der Waals surface area (Å²) in [4.78, 5) is 10.7. The Morgan fingerprint density at radius 1 is 1.41 bits per heavy atom. The smallest absolute Gasteiger partial charge is 0.307 e. The van der Waals surface area contributed by atoms with Crippen LogP contribution in [0.5, 0.6) is 5.75 Å². The zero-order valence-electron chi connectivity index (χ0n) is 10.6. The lowest BCUT2D eigenvalue weighted by Gasteiger charge is -2.16. The number of benzene rings is 1. The predicted octanol–water partition coefficient (Wildman–Crippen LogP) is 3.44. The Balaban J connectivity index is 2.72. The molecule has 1 atom stereocenters. The second-order valence-electron chi connectivity index (χ2n) is 4.47. The van der Waals surface area contributed by atoms with Crippen molar-refractivity contribution in [3.63, 3.8) is 0 Å². The standard InChI is InChI=1S/C14H20O3/c1-4-12(9-14(15)16)17-13-7-5-6-11(8-13)10(2)3/h5-8,10,12H,4,9H2,1-3H3,(H,15,16). The zero-order valence-corrected chi connectivity index (χ0v) is 10.6. The lowest BCUT2D eigenvalue weighted by Crippen LogP contribution is -2.19. The van der Waals surface area contributed by atoms with Crippen LogP contribution in [0.25, 0.3) is 0 Å². The number of carboxylic acid groups (broad SMARTS) is 1. The number of hydrogen-bond acceptors (Lipinski definition) is 2. The van der Waals surface area contributed by atoms with E-state index in [1.165, 1.54) is 5.56 Å². The first-order valence-corrected chi connectivity index (χ1v) is 6.01. The third-order valence-electron chi connectivity index (χ3n) is 2.69. The number of carboxylic acids is 1. The molecule has 1 N–H and O–H groups in total. The van der Waals surface area contributed by atoms with Gasteiger partial charge in [-0.1, -0.05) is 32.9 Å². The molecule has 3 nitrogen and oxygen atoms in total. The van der Waals surface area contributed by atoms with Crippen molar-refractivity contribution in [2.45, 2.75) is 45.6 Å². The summed E-state index contributed by atoms with van der Waals surface area (Å²) in [5, 5.41) is 8.76. The third-order valence-corrected chi connectivity index (χ3v) is 2.69. The molecule has 0 bridgehead atoms. The molecule has 0 aliphatic heterocycles. The highest BCUT2D eigenvalue weighted by molar-refractivity contribution is 5.67. The fourth-order valence-electron chi connectivity index (χ4n) is 1.60. The number of ether oxygens (including phenoxy) is 1. The Hall–Kier alpha value is -1.51. The summed E-state index contributed by atoms with van der Waals surface area (Å²) in [6, 6.07) is 7.85. The molecular weight excluding hydrogens is 216 g/mol. The summed E-state index contributed by atoms with van der Waals surface area (Å²) in [5.74, 6) is 0.374. The summed E-state index contributed by atoms with van der Waals surface area (Å²) in [6.07, 6.45) is 0.482. The minimum Gasteiger partial charge on any atom is -0.490 e. The molecule has 1 unspecified atom stereocenters. The Kier molecular flexibility index (Phi) is 5.01. The predicted molar refractivity (Wildman–Crippen MR) is 67.5 cm³/mol. The van der Waals surface area contributed by atoms with Gasteiger partial charge in [0.05, 0.1) is 6.42 Å². The molecule has 0 amide bonds. The van der Waals surface area contributed by atoms with E-state index in [2.05, 4.69) is 19.9 Å². The van der Waals surface area contributed by atoms with Crippen LogP contribution in [0.15, 0.2) is 24.3 Å². The zero-order chi connectivity index (χ0) is 12.8. The second-order valence-corrected chi connectivity index (χ2v) is 4.47. The second kappa shape index (κ2) is 6.28. The number of carbonyl (C=O) groups is 1. The van der Waals surface area contributed by atoms with Crippen molar-refractivity contribution in [3.8, 4) is 5.75 Å². The van der Waals surface area contributed by atoms with Crippen molar-refractivity contribution in [3.05, 3.63) is 29.8 Å². The van der Waals surface area contributed by atoms with Gasteiger partial charge in [-0.2, -0.15) is 0 Å². The minimum atomic E-state index is -0.822. The molecule has 0 radical (unpaired) electrons. The Morgan fingerprint density at radius 2 is 2.12 bits per heavy atom. The molecule has 1 rings (SSSR count). The molecule has 17 heavy (non-hydrogen) atoms. The van der Waals surface area contributed by atoms with E-state index < -0.39 is 5.97 Å². The fraction of sp³-hybridized carbons (Fsp3) is 0.500. The van der Waals surface area contributed by atoms with E-state index in [4.69, 9.17) is 9.84 Å². The topological polar surface area (TPSA) is 46.5 Å². The van der Waals surface area contributed by atoms with E-state index in [0.29, 0.717) is 12.3 Å². The molecule has 0 aliphatic carbocycles. The van der Waals surface area contributed by atoms with Gasteiger partial charge >= 0.3 is 5.97 Å². The largest absolute Gasteiger partial charge is 0.490 e. The van der Waals surface area contributed by atoms with Crippen LogP contribution in [-0.4, -0.2) is 17.2 Å². The van der Waals surface area contributed by atoms with Gasteiger partial charge in [0.1, 0.15) is 11.9 Å². The Labute approximate surface area is 102 Å². The maximum absolute atomic E-state index is 10.7. The Bertz CT molecular complexity index is 371. The highest BCUT2D eigenvalue weighted by atomic mass is 16.5. The summed E-state index contributed by atoms with van der Waals surface area (Å²) < 4.78 is 5.68. The van der Waals surface area contributed by atoms with Gasteiger partial charge in [0.15, 0.2) is 0 Å². The van der Waals surface area contributed by atoms with E-state index in [1.54, 1.807) is 0 Å². The number of rotatable bonds is 6. The van der Waals surface area contributed by atoms with Crippen molar-refractivity contribution >= 4 is 5.97 Å². The first-order chi connectivity index (χ1) is 8.02. The average molecular weight is 236 g/mol. The first kappa shape index (κ1) is 13.6. The fourth-order valence-corrected chi connectivity index (χ4v) is 1.60. The molecule has 0 saturated heterocycles. The van der Waals surface area contributed by atoms with Crippen LogP contribution in [-0.2, 0) is 4.79 Å². The summed E-state index contributed by atoms with van der Waals surface area (Å²) in [6.45, 7) is 6.17. The third kappa shape index (κ3) is 4.47. The minimum absolute atomic E-state index is 0.0441. The van der Waals surface area contributed by atoms with Gasteiger partial charge in [-0.15, -0.1) is 0 Å². The van der Waals surface area contributed by atoms with E-state index in [-0.39, 0.29) is 12.5 Å². The SMILES string of the molecule is CCC(CC(=O)O)Oc1cccc(C(C)C)c1. The normalized spacial score (nSPS) is 12.5. The van der Waals surface area contributed by atoms with Crippen molar-refractivity contribution < 1.29 is 14.6 Å². The highest BCUT2D eigenvalue weighted by Gasteiger charge is 2.13. The van der Waals surface area contributed by atoms with E-state index >= 15 is 0 Å². The van der Waals surface area contributed by atoms with Crippen molar-refractivity contribution in [2.24, 2.45) is 0 Å². The molecule has 94 valence electrons. The average Bonchev–Trinajstić information content (AvgIpc) is 2.28. The molecular formula is C14H20O3. The molecule has 1 aromatic carbocycles. The van der Waals surface area contributed by atoms with Crippen LogP contribution in [0.1, 0.15) is 45.1 Å². The summed E-state index contributed by atoms with van der Waals surface area (Å²) >= 11 is 0. The van der Waals surface area contributed by atoms with Gasteiger partial charge in [0, 0.05) is 0 Å². The van der Waals surface area contributed by atoms with Crippen LogP contribution in [0.3, 0.4) is 0 Å². The lowest BCUT2D eigenvalue weighted by atomic mass is 10.0. The monoisotopic (exact) mass is 236 g/mol. The van der Waals surface area contributed by atoms with Gasteiger partial charge in [-0.25, -0.2) is 0 Å². The van der Waals surface area contributed by atoms with Crippen molar-refractivity contribution in [2.75, 3.05) is 0 Å². The van der Waals surface area contributed by atoms with E-state index in [9.17, 15) is 4.79 Å². The molecule has 0 heterocycles. The van der Waals surface area contributed by atoms with Crippen LogP contribution in [0, 0.1) is 0 Å². The molecule has 1 aromatic rings. The van der Waals surface area contributed by atoms with Crippen LogP contribution < -0.4 is 4.74 Å². The molecule has 0 spiro atoms. The van der Waals surface area contributed by atoms with Gasteiger partial charge in [0.2, 0.25) is 0 Å². The number of hydrogen-bond donors (Lipinski definition) is 1. The molecule has 0 aromatic heterocycles. The highest BCUT2D eigenvalue weighted by Crippen LogP contribution is 2.22. The summed E-state index contributed by atoms with van der Waals surface area (Å²) in [7, 11) is 0. The quantitative estimate of drug-likeness (QED) is 0.823. The van der Waals surface area contributed by atoms with Crippen LogP contribution in [0.4, 0.5) is 0 Å². The molecule has 0 aliphatic rings. The van der Waals surface area contributed by atoms with E-state index in [1.807, 2.05) is 25.1 Å². The molecule has 0 saturated carbocycles. The maximum atomic E-state index is 10.7. The lowest BCUT2D eigenvalue weighted by molar-refractivity contribution is -0.138. The van der Waals surface area contributed by atoms with Gasteiger partial charge < -0.3 is 9.84 Å². The van der Waals surface area contributed by atoms with E-state index in [0.717, 1.165) is 5.75 Å². The van der Waals surface area contributed by atoms with Crippen molar-refractivity contribution in [1.82, 2.24) is 0 Å². The number of aliphatic carboxylic acids is 1.